The van der Waals surface area contributed by atoms with Crippen molar-refractivity contribution < 1.29 is 51.9 Å². The van der Waals surface area contributed by atoms with Crippen molar-refractivity contribution in [3.63, 3.8) is 0 Å². The second-order valence-electron chi connectivity index (χ2n) is 9.94. The van der Waals surface area contributed by atoms with Crippen molar-refractivity contribution in [3.8, 4) is 0 Å². The van der Waals surface area contributed by atoms with Crippen LogP contribution in [0.25, 0.3) is 0 Å². The molecule has 0 saturated carbocycles. The number of rotatable bonds is 11. The third-order valence-corrected chi connectivity index (χ3v) is 8.49. The van der Waals surface area contributed by atoms with Gasteiger partial charge in [-0.25, -0.2) is 19.4 Å². The first kappa shape index (κ1) is 34.7. The molecule has 21 heteroatoms. The molecule has 1 aromatic rings. The van der Waals surface area contributed by atoms with Crippen LogP contribution in [0.1, 0.15) is 39.8 Å². The number of thiazole rings is 1. The molecule has 4 atom stereocenters. The molecule has 3 amide bonds. The number of amides is 3. The molecule has 3 rings (SSSR count). The van der Waals surface area contributed by atoms with E-state index in [0.29, 0.717) is 0 Å². The van der Waals surface area contributed by atoms with E-state index in [9.17, 15) is 33.0 Å². The number of anilines is 1. The Morgan fingerprint density at radius 2 is 1.93 bits per heavy atom. The highest BCUT2D eigenvalue weighted by molar-refractivity contribution is 7.86. The standard InChI is InChI=1S/C23H24B2ClN5O11S2/c1-5-11(19(35)40-24)42-30-12(10-7-43-21(27-10)29-22(37)39-23(2,3)4)16(33)28-13-17(34)31-14(15(32)20(36)41-25)9(6-26)8-44(38)18(13)31/h7,11,13,18H,5-6,8H2,1-4H3,(H,28,33)(H,27,29,37)/b30-12-/t11-,13+,18+,44?/m0/s1. The Balaban J connectivity index is 1.91. The number of nitrogens with one attached hydrogen (secondary N) is 2. The molecule has 232 valence electrons. The Hall–Kier alpha value is -3.77. The van der Waals surface area contributed by atoms with Gasteiger partial charge in [-0.05, 0) is 32.8 Å². The van der Waals surface area contributed by atoms with Crippen molar-refractivity contribution in [3.05, 3.63) is 22.3 Å². The van der Waals surface area contributed by atoms with Crippen LogP contribution in [0.3, 0.4) is 0 Å². The lowest BCUT2D eigenvalue weighted by molar-refractivity contribution is -0.151. The number of halogens is 1. The van der Waals surface area contributed by atoms with Crippen molar-refractivity contribution in [2.75, 3.05) is 16.9 Å². The zero-order chi connectivity index (χ0) is 32.9. The molecule has 4 radical (unpaired) electrons. The first-order valence-electron chi connectivity index (χ1n) is 12.5. The lowest BCUT2D eigenvalue weighted by Gasteiger charge is -2.49. The summed E-state index contributed by atoms with van der Waals surface area (Å²) in [6.45, 7) is 6.50. The number of aromatic nitrogens is 1. The fourth-order valence-corrected chi connectivity index (χ4v) is 6.54. The van der Waals surface area contributed by atoms with Crippen LogP contribution < -0.4 is 10.6 Å². The van der Waals surface area contributed by atoms with Crippen molar-refractivity contribution in [1.29, 1.82) is 0 Å². The smallest absolute Gasteiger partial charge is 0.413 e. The average Bonchev–Trinajstić information content (AvgIpc) is 3.42. The highest BCUT2D eigenvalue weighted by Gasteiger charge is 2.57. The van der Waals surface area contributed by atoms with Crippen molar-refractivity contribution in [2.45, 2.75) is 57.2 Å². The Morgan fingerprint density at radius 3 is 2.50 bits per heavy atom. The molecule has 0 bridgehead atoms. The minimum Gasteiger partial charge on any atom is -0.541 e. The van der Waals surface area contributed by atoms with E-state index >= 15 is 0 Å². The molecule has 1 unspecified atom stereocenters. The largest absolute Gasteiger partial charge is 0.541 e. The number of carbonyl (C=O) groups is 6. The molecule has 0 spiro atoms. The van der Waals surface area contributed by atoms with Gasteiger partial charge >= 0.3 is 34.1 Å². The first-order valence-corrected chi connectivity index (χ1v) is 15.3. The van der Waals surface area contributed by atoms with Crippen LogP contribution >= 0.6 is 22.9 Å². The highest BCUT2D eigenvalue weighted by atomic mass is 35.5. The summed E-state index contributed by atoms with van der Waals surface area (Å²) in [7, 11) is 7.85. The monoisotopic (exact) mass is 667 g/mol. The Labute approximate surface area is 264 Å². The first-order chi connectivity index (χ1) is 20.7. The second kappa shape index (κ2) is 14.3. The van der Waals surface area contributed by atoms with Gasteiger partial charge in [0.05, 0.1) is 16.6 Å². The molecule has 2 aliphatic heterocycles. The third kappa shape index (κ3) is 7.65. The summed E-state index contributed by atoms with van der Waals surface area (Å²) in [5.41, 5.74) is -1.94. The summed E-state index contributed by atoms with van der Waals surface area (Å²) in [5.74, 6) is -6.38. The minimum atomic E-state index is -1.88. The van der Waals surface area contributed by atoms with Crippen molar-refractivity contribution in [1.82, 2.24) is 15.2 Å². The summed E-state index contributed by atoms with van der Waals surface area (Å²) in [6.07, 6.45) is -2.13. The fourth-order valence-electron chi connectivity index (χ4n) is 3.84. The quantitative estimate of drug-likeness (QED) is 0.0780. The number of carbonyl (C=O) groups excluding carboxylic acids is 6. The summed E-state index contributed by atoms with van der Waals surface area (Å²) < 4.78 is 26.3. The maximum Gasteiger partial charge on any atom is 0.413 e. The molecular formula is C23H24B2ClN5O11S2. The van der Waals surface area contributed by atoms with E-state index in [2.05, 4.69) is 30.1 Å². The topological polar surface area (TPSA) is 209 Å². The van der Waals surface area contributed by atoms with E-state index in [0.717, 1.165) is 16.2 Å². The van der Waals surface area contributed by atoms with Gasteiger partial charge in [-0.3, -0.25) is 28.8 Å². The molecule has 0 aliphatic carbocycles. The number of Topliss-reactive ketones (excluding diaryl/α,β-unsaturated/α-hetero) is 1. The zero-order valence-corrected chi connectivity index (χ0v) is 26.0. The third-order valence-electron chi connectivity index (χ3n) is 5.75. The van der Waals surface area contributed by atoms with Gasteiger partial charge in [0.15, 0.2) is 10.8 Å². The van der Waals surface area contributed by atoms with Gasteiger partial charge in [-0.15, -0.1) is 22.9 Å². The fraction of sp³-hybridized carbons (Fsp3) is 0.478. The average molecular weight is 668 g/mol. The van der Waals surface area contributed by atoms with Crippen molar-refractivity contribution in [2.24, 2.45) is 5.16 Å². The van der Waals surface area contributed by atoms with Gasteiger partial charge in [0.2, 0.25) is 6.10 Å². The Morgan fingerprint density at radius 1 is 1.25 bits per heavy atom. The molecule has 0 aromatic carbocycles. The number of β-lactam (4-membered cyclic amide) rings is 1. The van der Waals surface area contributed by atoms with E-state index in [1.165, 1.54) is 5.38 Å². The van der Waals surface area contributed by atoms with Crippen molar-refractivity contribution >= 4 is 96.3 Å². The lowest BCUT2D eigenvalue weighted by atomic mass is 10.0. The van der Waals surface area contributed by atoms with E-state index in [1.807, 2.05) is 0 Å². The Bertz CT molecular complexity index is 1460. The summed E-state index contributed by atoms with van der Waals surface area (Å²) in [4.78, 5) is 85.2. The van der Waals surface area contributed by atoms with E-state index in [1.54, 1.807) is 27.7 Å². The van der Waals surface area contributed by atoms with Gasteiger partial charge in [0.25, 0.3) is 17.6 Å². The molecule has 44 heavy (non-hydrogen) atoms. The predicted molar refractivity (Wildman–Crippen MR) is 156 cm³/mol. The maximum absolute atomic E-state index is 13.5. The highest BCUT2D eigenvalue weighted by Crippen LogP contribution is 2.36. The summed E-state index contributed by atoms with van der Waals surface area (Å²) in [5, 5.41) is 8.54. The van der Waals surface area contributed by atoms with Crippen LogP contribution in [0, 0.1) is 0 Å². The van der Waals surface area contributed by atoms with E-state index in [4.69, 9.17) is 37.3 Å². The van der Waals surface area contributed by atoms with Gasteiger partial charge in [0, 0.05) is 11.3 Å². The molecule has 1 saturated heterocycles. The zero-order valence-electron chi connectivity index (χ0n) is 23.6. The van der Waals surface area contributed by atoms with Crippen LogP contribution in [0.4, 0.5) is 9.93 Å². The number of hydrogen-bond acceptors (Lipinski definition) is 14. The van der Waals surface area contributed by atoms with Gasteiger partial charge in [-0.1, -0.05) is 12.1 Å². The number of fused-ring (bicyclic) bond motifs is 1. The van der Waals surface area contributed by atoms with Gasteiger partial charge in [-0.2, -0.15) is 0 Å². The molecule has 16 nitrogen and oxygen atoms in total. The van der Waals surface area contributed by atoms with Crippen LogP contribution in [-0.4, -0.2) is 106 Å². The molecular weight excluding hydrogens is 643 g/mol. The van der Waals surface area contributed by atoms with Crippen LogP contribution in [0.15, 0.2) is 21.8 Å². The summed E-state index contributed by atoms with van der Waals surface area (Å²) >= 11 is 6.76. The van der Waals surface area contributed by atoms with Crippen LogP contribution in [0.5, 0.6) is 0 Å². The van der Waals surface area contributed by atoms with Gasteiger partial charge in [0.1, 0.15) is 28.4 Å². The van der Waals surface area contributed by atoms with Crippen LogP contribution in [-0.2, 0) is 53.7 Å². The number of ketones is 1. The maximum atomic E-state index is 13.5. The predicted octanol–water partition coefficient (Wildman–Crippen LogP) is -0.280. The normalized spacial score (nSPS) is 20.5. The molecule has 1 aromatic heterocycles. The van der Waals surface area contributed by atoms with Crippen LogP contribution in [0.2, 0.25) is 0 Å². The number of ether oxygens (including phenoxy) is 1. The SMILES string of the molecule is [B]OC(=O)C(=O)C1=C(CCl)CS(=O)[C@@H]2[C@H](NC(=O)/C(=N\O[C@@H](CC)C(=O)O[B])c3csc(NC(=O)OC(C)(C)C)n3)C(=O)N12. The number of hydrogen-bond donors (Lipinski definition) is 2. The van der Waals surface area contributed by atoms with E-state index < -0.39 is 81.0 Å². The second-order valence-corrected chi connectivity index (χ2v) is 12.6. The number of nitrogens with zero attached hydrogens (tertiary/aromatic N) is 3. The van der Waals surface area contributed by atoms with Gasteiger partial charge < -0.3 is 24.2 Å². The minimum absolute atomic E-state index is 0.00359. The molecule has 2 N–H and O–H groups in total. The number of alkyl halides is 1. The lowest BCUT2D eigenvalue weighted by Crippen LogP contribution is -2.74. The Kier molecular flexibility index (Phi) is 11.3. The molecule has 1 fully saturated rings. The molecule has 2 aliphatic rings. The van der Waals surface area contributed by atoms with E-state index in [-0.39, 0.29) is 34.5 Å². The molecule has 3 heterocycles. The summed E-state index contributed by atoms with van der Waals surface area (Å²) in [6, 6.07) is -1.46. The number of oxime groups is 1.